The highest BCUT2D eigenvalue weighted by Crippen LogP contribution is 2.19. The smallest absolute Gasteiger partial charge is 0.224 e. The van der Waals surface area contributed by atoms with E-state index in [9.17, 15) is 9.18 Å². The van der Waals surface area contributed by atoms with Crippen LogP contribution in [0.15, 0.2) is 66.9 Å². The Morgan fingerprint density at radius 1 is 1.10 bits per heavy atom. The summed E-state index contributed by atoms with van der Waals surface area (Å²) in [6.45, 7) is 0.543. The van der Waals surface area contributed by atoms with Crippen molar-refractivity contribution in [3.05, 3.63) is 84.1 Å². The van der Waals surface area contributed by atoms with Gasteiger partial charge in [0.1, 0.15) is 22.9 Å². The van der Waals surface area contributed by atoms with Crippen molar-refractivity contribution in [1.82, 2.24) is 14.5 Å². The number of hydrogen-bond donors (Lipinski definition) is 1. The molecule has 0 radical (unpaired) electrons. The zero-order valence-electron chi connectivity index (χ0n) is 17.2. The fourth-order valence-electron chi connectivity index (χ4n) is 3.44. The van der Waals surface area contributed by atoms with Crippen molar-refractivity contribution in [2.45, 2.75) is 25.8 Å². The second-order valence-electron chi connectivity index (χ2n) is 7.22. The number of rotatable bonds is 8. The Kier molecular flexibility index (Phi) is 6.21. The number of hydrogen-bond acceptors (Lipinski definition) is 4. The highest BCUT2D eigenvalue weighted by atomic mass is 19.1. The summed E-state index contributed by atoms with van der Waals surface area (Å²) in [6, 6.07) is 17.4. The van der Waals surface area contributed by atoms with Gasteiger partial charge in [-0.2, -0.15) is 0 Å². The topological polar surface area (TPSA) is 69.0 Å². The Hall–Kier alpha value is -3.74. The van der Waals surface area contributed by atoms with Crippen molar-refractivity contribution in [1.29, 1.82) is 0 Å². The standard InChI is InChI=1S/C24H23FN4O2/c1-31-20-13-11-19(12-14-20)27-23(30)6-2-5-22-28-21-4-3-15-26-24(21)29(22)16-17-7-9-18(25)10-8-17/h3-4,7-15H,2,5-6,16H2,1H3,(H,27,30). The molecule has 2 aromatic heterocycles. The number of pyridine rings is 1. The number of anilines is 1. The summed E-state index contributed by atoms with van der Waals surface area (Å²) in [5.41, 5.74) is 3.29. The summed E-state index contributed by atoms with van der Waals surface area (Å²) in [5, 5.41) is 2.90. The highest BCUT2D eigenvalue weighted by molar-refractivity contribution is 5.90. The number of carbonyl (C=O) groups is 1. The van der Waals surface area contributed by atoms with Gasteiger partial charge < -0.3 is 14.6 Å². The van der Waals surface area contributed by atoms with Gasteiger partial charge in [0, 0.05) is 24.7 Å². The lowest BCUT2D eigenvalue weighted by atomic mass is 10.2. The van der Waals surface area contributed by atoms with E-state index in [0.29, 0.717) is 25.8 Å². The molecule has 0 aliphatic rings. The van der Waals surface area contributed by atoms with E-state index in [2.05, 4.69) is 10.3 Å². The van der Waals surface area contributed by atoms with Crippen LogP contribution in [-0.2, 0) is 17.8 Å². The maximum atomic E-state index is 13.3. The van der Waals surface area contributed by atoms with E-state index in [0.717, 1.165) is 34.0 Å². The average molecular weight is 418 g/mol. The molecule has 0 fully saturated rings. The van der Waals surface area contributed by atoms with Crippen LogP contribution in [0.4, 0.5) is 10.1 Å². The van der Waals surface area contributed by atoms with Gasteiger partial charge >= 0.3 is 0 Å². The molecule has 0 aliphatic carbocycles. The molecule has 2 heterocycles. The first-order valence-corrected chi connectivity index (χ1v) is 10.1. The van der Waals surface area contributed by atoms with Crippen LogP contribution in [0.5, 0.6) is 5.75 Å². The number of imidazole rings is 1. The molecule has 7 heteroatoms. The minimum Gasteiger partial charge on any atom is -0.497 e. The van der Waals surface area contributed by atoms with E-state index in [1.807, 2.05) is 28.8 Å². The minimum atomic E-state index is -0.263. The molecule has 1 amide bonds. The second-order valence-corrected chi connectivity index (χ2v) is 7.22. The number of aryl methyl sites for hydroxylation is 1. The molecule has 2 aromatic carbocycles. The van der Waals surface area contributed by atoms with E-state index in [1.54, 1.807) is 37.6 Å². The molecule has 6 nitrogen and oxygen atoms in total. The predicted octanol–water partition coefficient (Wildman–Crippen LogP) is 4.59. The third-order valence-electron chi connectivity index (χ3n) is 5.01. The Bertz CT molecular complexity index is 1170. The Labute approximate surface area is 179 Å². The number of ether oxygens (including phenoxy) is 1. The molecular weight excluding hydrogens is 395 g/mol. The fourth-order valence-corrected chi connectivity index (χ4v) is 3.44. The number of amides is 1. The van der Waals surface area contributed by atoms with Gasteiger partial charge in [-0.1, -0.05) is 12.1 Å². The molecule has 0 unspecified atom stereocenters. The lowest BCUT2D eigenvalue weighted by Crippen LogP contribution is -2.12. The van der Waals surface area contributed by atoms with Gasteiger partial charge in [0.15, 0.2) is 5.65 Å². The first-order chi connectivity index (χ1) is 15.1. The Morgan fingerprint density at radius 2 is 1.87 bits per heavy atom. The maximum absolute atomic E-state index is 13.3. The number of nitrogens with zero attached hydrogens (tertiary/aromatic N) is 3. The molecule has 4 aromatic rings. The molecule has 0 saturated heterocycles. The third kappa shape index (κ3) is 5.06. The van der Waals surface area contributed by atoms with Gasteiger partial charge in [0.2, 0.25) is 5.91 Å². The normalized spacial score (nSPS) is 10.9. The van der Waals surface area contributed by atoms with Gasteiger partial charge in [-0.3, -0.25) is 4.79 Å². The van der Waals surface area contributed by atoms with E-state index in [4.69, 9.17) is 9.72 Å². The maximum Gasteiger partial charge on any atom is 0.224 e. The van der Waals surface area contributed by atoms with Crippen LogP contribution in [0.1, 0.15) is 24.2 Å². The largest absolute Gasteiger partial charge is 0.497 e. The molecule has 158 valence electrons. The Morgan fingerprint density at radius 3 is 2.61 bits per heavy atom. The van der Waals surface area contributed by atoms with Crippen LogP contribution in [0.2, 0.25) is 0 Å². The monoisotopic (exact) mass is 418 g/mol. The number of benzene rings is 2. The first kappa shape index (κ1) is 20.5. The molecular formula is C24H23FN4O2. The van der Waals surface area contributed by atoms with E-state index >= 15 is 0 Å². The van der Waals surface area contributed by atoms with Crippen molar-refractivity contribution in [3.63, 3.8) is 0 Å². The number of carbonyl (C=O) groups excluding carboxylic acids is 1. The van der Waals surface area contributed by atoms with Gasteiger partial charge in [0.25, 0.3) is 0 Å². The molecule has 31 heavy (non-hydrogen) atoms. The van der Waals surface area contributed by atoms with Crippen LogP contribution in [0.25, 0.3) is 11.2 Å². The zero-order chi connectivity index (χ0) is 21.6. The van der Waals surface area contributed by atoms with Crippen LogP contribution in [0.3, 0.4) is 0 Å². The summed E-state index contributed by atoms with van der Waals surface area (Å²) in [6.07, 6.45) is 3.39. The molecule has 0 bridgehead atoms. The van der Waals surface area contributed by atoms with Crippen LogP contribution in [-0.4, -0.2) is 27.6 Å². The quantitative estimate of drug-likeness (QED) is 0.454. The number of halogens is 1. The van der Waals surface area contributed by atoms with Crippen molar-refractivity contribution in [3.8, 4) is 5.75 Å². The SMILES string of the molecule is COc1ccc(NC(=O)CCCc2nc3cccnc3n2Cc2ccc(F)cc2)cc1. The van der Waals surface area contributed by atoms with Gasteiger partial charge in [-0.15, -0.1) is 0 Å². The van der Waals surface area contributed by atoms with Crippen LogP contribution >= 0.6 is 0 Å². The summed E-state index contributed by atoms with van der Waals surface area (Å²) in [7, 11) is 1.60. The van der Waals surface area contributed by atoms with Crippen molar-refractivity contribution in [2.24, 2.45) is 0 Å². The van der Waals surface area contributed by atoms with E-state index in [-0.39, 0.29) is 11.7 Å². The number of nitrogens with one attached hydrogen (secondary N) is 1. The minimum absolute atomic E-state index is 0.0514. The van der Waals surface area contributed by atoms with Gasteiger partial charge in [-0.25, -0.2) is 14.4 Å². The summed E-state index contributed by atoms with van der Waals surface area (Å²) in [4.78, 5) is 21.5. The molecule has 1 N–H and O–H groups in total. The summed E-state index contributed by atoms with van der Waals surface area (Å²) in [5.74, 6) is 1.28. The van der Waals surface area contributed by atoms with Crippen LogP contribution in [0, 0.1) is 5.82 Å². The average Bonchev–Trinajstić information content (AvgIpc) is 3.13. The van der Waals surface area contributed by atoms with E-state index in [1.165, 1.54) is 12.1 Å². The Balaban J connectivity index is 1.42. The fraction of sp³-hybridized carbons (Fsp3) is 0.208. The summed E-state index contributed by atoms with van der Waals surface area (Å²) >= 11 is 0. The predicted molar refractivity (Wildman–Crippen MR) is 118 cm³/mol. The first-order valence-electron chi connectivity index (χ1n) is 10.1. The number of fused-ring (bicyclic) bond motifs is 1. The van der Waals surface area contributed by atoms with Crippen LogP contribution < -0.4 is 10.1 Å². The lowest BCUT2D eigenvalue weighted by molar-refractivity contribution is -0.116. The van der Waals surface area contributed by atoms with Crippen molar-refractivity contribution in [2.75, 3.05) is 12.4 Å². The molecule has 4 rings (SSSR count). The van der Waals surface area contributed by atoms with Crippen molar-refractivity contribution >= 4 is 22.8 Å². The summed E-state index contributed by atoms with van der Waals surface area (Å²) < 4.78 is 20.4. The molecule has 0 spiro atoms. The third-order valence-corrected chi connectivity index (χ3v) is 5.01. The van der Waals surface area contributed by atoms with E-state index < -0.39 is 0 Å². The highest BCUT2D eigenvalue weighted by Gasteiger charge is 2.13. The van der Waals surface area contributed by atoms with Gasteiger partial charge in [-0.05, 0) is 60.5 Å². The van der Waals surface area contributed by atoms with Crippen molar-refractivity contribution < 1.29 is 13.9 Å². The number of methoxy groups -OCH3 is 1. The van der Waals surface area contributed by atoms with Gasteiger partial charge in [0.05, 0.1) is 13.7 Å². The lowest BCUT2D eigenvalue weighted by Gasteiger charge is -2.09. The zero-order valence-corrected chi connectivity index (χ0v) is 17.2. The number of aromatic nitrogens is 3. The second kappa shape index (κ2) is 9.38. The molecule has 0 atom stereocenters. The molecule has 0 aliphatic heterocycles. The molecule has 0 saturated carbocycles.